The van der Waals surface area contributed by atoms with Crippen molar-refractivity contribution in [2.45, 2.75) is 33.6 Å². The fourth-order valence-electron chi connectivity index (χ4n) is 4.24. The number of allylic oxidation sites excluding steroid dienone is 1. The van der Waals surface area contributed by atoms with Gasteiger partial charge in [0.15, 0.2) is 0 Å². The lowest BCUT2D eigenvalue weighted by molar-refractivity contribution is 0.0696. The average Bonchev–Trinajstić information content (AvgIpc) is 2.71. The van der Waals surface area contributed by atoms with E-state index in [-0.39, 0.29) is 5.41 Å². The standard InChI is InChI=1S/C26H24N2O2/c1-26(2,3)19-13-18(12-16-8-10-17(15-27)11-9-16)24-21(14-19)23(25(29)30)20-6-4-5-7-22(20)28-24/h4-12,19H,13-14H2,1-3H3,(H,29,30)/b18-12+/t19-/m0/s1. The van der Waals surface area contributed by atoms with Crippen molar-refractivity contribution < 1.29 is 9.90 Å². The second-order valence-electron chi connectivity index (χ2n) is 9.01. The molecule has 0 aliphatic heterocycles. The van der Waals surface area contributed by atoms with Gasteiger partial charge >= 0.3 is 5.97 Å². The van der Waals surface area contributed by atoms with Crippen molar-refractivity contribution in [3.63, 3.8) is 0 Å². The molecule has 0 fully saturated rings. The van der Waals surface area contributed by atoms with Gasteiger partial charge in [0.2, 0.25) is 0 Å². The Morgan fingerprint density at radius 1 is 1.13 bits per heavy atom. The lowest BCUT2D eigenvalue weighted by Crippen LogP contribution is -2.28. The Balaban J connectivity index is 1.97. The maximum atomic E-state index is 12.3. The topological polar surface area (TPSA) is 74.0 Å². The molecule has 0 spiro atoms. The molecule has 0 unspecified atom stereocenters. The summed E-state index contributed by atoms with van der Waals surface area (Å²) >= 11 is 0. The fourth-order valence-corrected chi connectivity index (χ4v) is 4.24. The van der Waals surface area contributed by atoms with E-state index in [0.717, 1.165) is 28.8 Å². The molecule has 1 N–H and O–H groups in total. The lowest BCUT2D eigenvalue weighted by Gasteiger charge is -2.36. The highest BCUT2D eigenvalue weighted by Crippen LogP contribution is 2.44. The molecule has 1 aliphatic carbocycles. The van der Waals surface area contributed by atoms with Gasteiger partial charge in [-0.15, -0.1) is 0 Å². The van der Waals surface area contributed by atoms with E-state index in [1.54, 1.807) is 12.1 Å². The van der Waals surface area contributed by atoms with Gasteiger partial charge in [-0.2, -0.15) is 5.26 Å². The van der Waals surface area contributed by atoms with Crippen LogP contribution in [-0.2, 0) is 6.42 Å². The molecule has 0 saturated carbocycles. The first kappa shape index (κ1) is 19.8. The van der Waals surface area contributed by atoms with E-state index in [0.29, 0.717) is 34.4 Å². The van der Waals surface area contributed by atoms with Crippen LogP contribution in [0.15, 0.2) is 48.5 Å². The summed E-state index contributed by atoms with van der Waals surface area (Å²) in [7, 11) is 0. The van der Waals surface area contributed by atoms with E-state index in [2.05, 4.69) is 32.9 Å². The van der Waals surface area contributed by atoms with Crippen LogP contribution in [0.5, 0.6) is 0 Å². The molecular weight excluding hydrogens is 372 g/mol. The van der Waals surface area contributed by atoms with Gasteiger partial charge in [0.05, 0.1) is 28.4 Å². The van der Waals surface area contributed by atoms with Crippen molar-refractivity contribution >= 4 is 28.5 Å². The summed E-state index contributed by atoms with van der Waals surface area (Å²) in [6.07, 6.45) is 3.62. The first-order valence-corrected chi connectivity index (χ1v) is 10.1. The van der Waals surface area contributed by atoms with E-state index >= 15 is 0 Å². The van der Waals surface area contributed by atoms with Gasteiger partial charge in [-0.1, -0.05) is 51.1 Å². The highest BCUT2D eigenvalue weighted by molar-refractivity contribution is 6.06. The van der Waals surface area contributed by atoms with Crippen LogP contribution in [0.2, 0.25) is 0 Å². The van der Waals surface area contributed by atoms with Crippen molar-refractivity contribution in [1.29, 1.82) is 5.26 Å². The van der Waals surface area contributed by atoms with Crippen LogP contribution in [0.3, 0.4) is 0 Å². The minimum absolute atomic E-state index is 0.0306. The number of rotatable bonds is 2. The van der Waals surface area contributed by atoms with Crippen molar-refractivity contribution in [2.24, 2.45) is 11.3 Å². The normalized spacial score (nSPS) is 17.5. The van der Waals surface area contributed by atoms with Crippen LogP contribution in [0.1, 0.15) is 59.9 Å². The molecule has 4 heteroatoms. The van der Waals surface area contributed by atoms with E-state index in [1.807, 2.05) is 36.4 Å². The number of carboxylic acids is 1. The first-order chi connectivity index (χ1) is 14.3. The molecule has 30 heavy (non-hydrogen) atoms. The van der Waals surface area contributed by atoms with Gasteiger partial charge < -0.3 is 5.11 Å². The van der Waals surface area contributed by atoms with Crippen LogP contribution in [-0.4, -0.2) is 16.1 Å². The van der Waals surface area contributed by atoms with E-state index in [4.69, 9.17) is 10.2 Å². The zero-order valence-corrected chi connectivity index (χ0v) is 17.4. The smallest absolute Gasteiger partial charge is 0.336 e. The van der Waals surface area contributed by atoms with Crippen LogP contribution in [0.25, 0.3) is 22.6 Å². The number of para-hydroxylation sites is 1. The summed E-state index contributed by atoms with van der Waals surface area (Å²) in [5.74, 6) is -0.604. The third-order valence-corrected chi connectivity index (χ3v) is 6.03. The van der Waals surface area contributed by atoms with Gasteiger partial charge in [0.1, 0.15) is 0 Å². The second-order valence-corrected chi connectivity index (χ2v) is 9.01. The van der Waals surface area contributed by atoms with Crippen molar-refractivity contribution in [3.05, 3.63) is 76.5 Å². The SMILES string of the molecule is CC(C)(C)[C@H]1C/C(=C\c2ccc(C#N)cc2)c2nc3ccccc3c(C(=O)O)c2C1. The highest BCUT2D eigenvalue weighted by atomic mass is 16.4. The summed E-state index contributed by atoms with van der Waals surface area (Å²) in [5.41, 5.74) is 5.37. The van der Waals surface area contributed by atoms with E-state index in [9.17, 15) is 9.90 Å². The Labute approximate surface area is 176 Å². The summed E-state index contributed by atoms with van der Waals surface area (Å²) < 4.78 is 0. The number of benzene rings is 2. The number of hydrogen-bond acceptors (Lipinski definition) is 3. The number of fused-ring (bicyclic) bond motifs is 2. The van der Waals surface area contributed by atoms with Crippen LogP contribution in [0.4, 0.5) is 0 Å². The number of carboxylic acid groups (broad SMARTS) is 1. The van der Waals surface area contributed by atoms with E-state index in [1.165, 1.54) is 0 Å². The molecule has 4 rings (SSSR count). The van der Waals surface area contributed by atoms with Gasteiger partial charge in [0, 0.05) is 5.39 Å². The fraction of sp³-hybridized carbons (Fsp3) is 0.269. The summed E-state index contributed by atoms with van der Waals surface area (Å²) in [6.45, 7) is 6.62. The molecule has 0 amide bonds. The van der Waals surface area contributed by atoms with Gasteiger partial charge in [-0.3, -0.25) is 0 Å². The number of aromatic carboxylic acids is 1. The Morgan fingerprint density at radius 2 is 1.83 bits per heavy atom. The number of nitriles is 1. The summed E-state index contributed by atoms with van der Waals surface area (Å²) in [5, 5.41) is 19.8. The minimum atomic E-state index is -0.905. The van der Waals surface area contributed by atoms with Crippen molar-refractivity contribution in [2.75, 3.05) is 0 Å². The minimum Gasteiger partial charge on any atom is -0.478 e. The molecule has 4 nitrogen and oxygen atoms in total. The number of nitrogens with zero attached hydrogens (tertiary/aromatic N) is 2. The predicted octanol–water partition coefficient (Wildman–Crippen LogP) is 5.95. The Bertz CT molecular complexity index is 1210. The van der Waals surface area contributed by atoms with Crippen LogP contribution in [0, 0.1) is 22.7 Å². The molecule has 0 radical (unpaired) electrons. The number of pyridine rings is 1. The third-order valence-electron chi connectivity index (χ3n) is 6.03. The molecule has 1 aromatic heterocycles. The Hall–Kier alpha value is -3.45. The van der Waals surface area contributed by atoms with Crippen LogP contribution < -0.4 is 0 Å². The monoisotopic (exact) mass is 396 g/mol. The molecular formula is C26H24N2O2. The molecule has 1 heterocycles. The highest BCUT2D eigenvalue weighted by Gasteiger charge is 2.35. The number of carbonyl (C=O) groups is 1. The Morgan fingerprint density at radius 3 is 2.47 bits per heavy atom. The molecule has 150 valence electrons. The average molecular weight is 396 g/mol. The predicted molar refractivity (Wildman–Crippen MR) is 119 cm³/mol. The Kier molecular flexibility index (Phi) is 4.91. The zero-order valence-electron chi connectivity index (χ0n) is 17.4. The maximum absolute atomic E-state index is 12.3. The summed E-state index contributed by atoms with van der Waals surface area (Å²) in [6, 6.07) is 17.0. The van der Waals surface area contributed by atoms with Crippen molar-refractivity contribution in [3.8, 4) is 6.07 Å². The molecule has 1 atom stereocenters. The molecule has 0 bridgehead atoms. The lowest BCUT2D eigenvalue weighted by atomic mass is 9.69. The maximum Gasteiger partial charge on any atom is 0.336 e. The molecule has 2 aromatic carbocycles. The molecule has 3 aromatic rings. The van der Waals surface area contributed by atoms with Crippen LogP contribution >= 0.6 is 0 Å². The summed E-state index contributed by atoms with van der Waals surface area (Å²) in [4.78, 5) is 17.2. The van der Waals surface area contributed by atoms with Crippen molar-refractivity contribution in [1.82, 2.24) is 4.98 Å². The molecule has 1 aliphatic rings. The van der Waals surface area contributed by atoms with Gasteiger partial charge in [-0.05, 0) is 65.1 Å². The van der Waals surface area contributed by atoms with E-state index < -0.39 is 5.97 Å². The largest absolute Gasteiger partial charge is 0.478 e. The number of hydrogen-bond donors (Lipinski definition) is 1. The third kappa shape index (κ3) is 3.59. The molecule has 0 saturated heterocycles. The van der Waals surface area contributed by atoms with Gasteiger partial charge in [-0.25, -0.2) is 9.78 Å². The quantitative estimate of drug-likeness (QED) is 0.580. The number of aromatic nitrogens is 1. The zero-order chi connectivity index (χ0) is 21.5. The van der Waals surface area contributed by atoms with Gasteiger partial charge in [0.25, 0.3) is 0 Å². The first-order valence-electron chi connectivity index (χ1n) is 10.1. The second kappa shape index (κ2) is 7.42.